The van der Waals surface area contributed by atoms with Crippen LogP contribution in [0.2, 0.25) is 0 Å². The number of rotatable bonds is 7. The standard InChI is InChI=1S/C25H22F3N3O3/c1-16-5-7-18(8-6-16)24(34)31-21-11-9-17(10-12-21)22(32)29-13-14-30-23(33)19-3-2-4-20(15-19)25(26,27)28/h2-12,15H,13-14H2,1H3,(H,29,32)(H,30,33)(H,31,34). The van der Waals surface area contributed by atoms with E-state index in [9.17, 15) is 27.6 Å². The van der Waals surface area contributed by atoms with Gasteiger partial charge in [0, 0.05) is 35.5 Å². The van der Waals surface area contributed by atoms with Crippen molar-refractivity contribution < 1.29 is 27.6 Å². The van der Waals surface area contributed by atoms with Crippen LogP contribution in [0.5, 0.6) is 0 Å². The Morgan fingerprint density at radius 1 is 0.706 bits per heavy atom. The quantitative estimate of drug-likeness (QED) is 0.448. The third kappa shape index (κ3) is 6.68. The number of hydrogen-bond acceptors (Lipinski definition) is 3. The summed E-state index contributed by atoms with van der Waals surface area (Å²) in [5.74, 6) is -1.34. The van der Waals surface area contributed by atoms with Crippen molar-refractivity contribution in [3.63, 3.8) is 0 Å². The van der Waals surface area contributed by atoms with E-state index < -0.39 is 23.6 Å². The molecule has 3 N–H and O–H groups in total. The molecule has 176 valence electrons. The summed E-state index contributed by atoms with van der Waals surface area (Å²) in [6.45, 7) is 2.04. The molecule has 3 aromatic carbocycles. The summed E-state index contributed by atoms with van der Waals surface area (Å²) >= 11 is 0. The van der Waals surface area contributed by atoms with Gasteiger partial charge in [-0.05, 0) is 61.5 Å². The van der Waals surface area contributed by atoms with E-state index in [1.807, 2.05) is 19.1 Å². The highest BCUT2D eigenvalue weighted by Crippen LogP contribution is 2.29. The first-order valence-electron chi connectivity index (χ1n) is 10.4. The predicted octanol–water partition coefficient (Wildman–Crippen LogP) is 4.43. The zero-order chi connectivity index (χ0) is 24.7. The molecule has 3 rings (SSSR count). The Kier molecular flexibility index (Phi) is 7.68. The molecular weight excluding hydrogens is 447 g/mol. The van der Waals surface area contributed by atoms with Gasteiger partial charge in [0.15, 0.2) is 0 Å². The maximum absolute atomic E-state index is 12.8. The molecule has 0 saturated heterocycles. The highest BCUT2D eigenvalue weighted by Gasteiger charge is 2.30. The lowest BCUT2D eigenvalue weighted by atomic mass is 10.1. The van der Waals surface area contributed by atoms with Crippen LogP contribution in [0.1, 0.15) is 42.2 Å². The number of amides is 3. The van der Waals surface area contributed by atoms with Gasteiger partial charge >= 0.3 is 6.18 Å². The SMILES string of the molecule is Cc1ccc(C(=O)Nc2ccc(C(=O)NCCNC(=O)c3cccc(C(F)(F)F)c3)cc2)cc1. The molecule has 0 atom stereocenters. The number of halogens is 3. The van der Waals surface area contributed by atoms with Crippen LogP contribution in [-0.4, -0.2) is 30.8 Å². The van der Waals surface area contributed by atoms with Crippen molar-refractivity contribution in [3.05, 3.63) is 101 Å². The van der Waals surface area contributed by atoms with Crippen molar-refractivity contribution in [1.82, 2.24) is 10.6 Å². The van der Waals surface area contributed by atoms with E-state index in [0.717, 1.165) is 23.8 Å². The van der Waals surface area contributed by atoms with Crippen LogP contribution in [0.4, 0.5) is 18.9 Å². The van der Waals surface area contributed by atoms with Gasteiger partial charge in [-0.2, -0.15) is 13.2 Å². The van der Waals surface area contributed by atoms with Gasteiger partial charge in [0.1, 0.15) is 0 Å². The fraction of sp³-hybridized carbons (Fsp3) is 0.160. The lowest BCUT2D eigenvalue weighted by Crippen LogP contribution is -2.34. The molecule has 0 radical (unpaired) electrons. The molecule has 0 unspecified atom stereocenters. The number of nitrogens with one attached hydrogen (secondary N) is 3. The number of anilines is 1. The van der Waals surface area contributed by atoms with Gasteiger partial charge in [0.05, 0.1) is 5.56 Å². The minimum absolute atomic E-state index is 0.0332. The second kappa shape index (κ2) is 10.7. The molecule has 0 heterocycles. The summed E-state index contributed by atoms with van der Waals surface area (Å²) in [5.41, 5.74) is 1.39. The van der Waals surface area contributed by atoms with Crippen LogP contribution in [0.15, 0.2) is 72.8 Å². The second-order valence-corrected chi connectivity index (χ2v) is 7.49. The van der Waals surface area contributed by atoms with Gasteiger partial charge < -0.3 is 16.0 Å². The summed E-state index contributed by atoms with van der Waals surface area (Å²) in [7, 11) is 0. The van der Waals surface area contributed by atoms with Crippen molar-refractivity contribution in [2.45, 2.75) is 13.1 Å². The molecule has 0 saturated carbocycles. The highest BCUT2D eigenvalue weighted by atomic mass is 19.4. The highest BCUT2D eigenvalue weighted by molar-refractivity contribution is 6.04. The minimum Gasteiger partial charge on any atom is -0.350 e. The van der Waals surface area contributed by atoms with E-state index in [4.69, 9.17) is 0 Å². The number of carbonyl (C=O) groups is 3. The van der Waals surface area contributed by atoms with Crippen LogP contribution in [0, 0.1) is 6.92 Å². The van der Waals surface area contributed by atoms with Crippen molar-refractivity contribution in [1.29, 1.82) is 0 Å². The van der Waals surface area contributed by atoms with Crippen LogP contribution in [0.25, 0.3) is 0 Å². The smallest absolute Gasteiger partial charge is 0.350 e. The molecule has 3 aromatic rings. The van der Waals surface area contributed by atoms with Crippen LogP contribution in [-0.2, 0) is 6.18 Å². The monoisotopic (exact) mass is 469 g/mol. The lowest BCUT2D eigenvalue weighted by molar-refractivity contribution is -0.137. The van der Waals surface area contributed by atoms with Gasteiger partial charge in [0.2, 0.25) is 0 Å². The Bertz CT molecular complexity index is 1170. The van der Waals surface area contributed by atoms with E-state index in [1.165, 1.54) is 6.07 Å². The first-order valence-corrected chi connectivity index (χ1v) is 10.4. The zero-order valence-corrected chi connectivity index (χ0v) is 18.2. The Hall–Kier alpha value is -4.14. The van der Waals surface area contributed by atoms with Gasteiger partial charge in [-0.15, -0.1) is 0 Å². The third-order valence-corrected chi connectivity index (χ3v) is 4.87. The molecule has 0 aliphatic carbocycles. The normalized spacial score (nSPS) is 10.9. The number of hydrogen-bond donors (Lipinski definition) is 3. The zero-order valence-electron chi connectivity index (χ0n) is 18.2. The van der Waals surface area contributed by atoms with Gasteiger partial charge in [-0.1, -0.05) is 23.8 Å². The van der Waals surface area contributed by atoms with Gasteiger partial charge in [-0.3, -0.25) is 14.4 Å². The molecule has 9 heteroatoms. The summed E-state index contributed by atoms with van der Waals surface area (Å²) in [6, 6.07) is 17.5. The summed E-state index contributed by atoms with van der Waals surface area (Å²) in [4.78, 5) is 36.6. The summed E-state index contributed by atoms with van der Waals surface area (Å²) in [5, 5.41) is 7.83. The van der Waals surface area contributed by atoms with E-state index in [0.29, 0.717) is 16.8 Å². The number of carbonyl (C=O) groups excluding carboxylic acids is 3. The predicted molar refractivity (Wildman–Crippen MR) is 122 cm³/mol. The lowest BCUT2D eigenvalue weighted by Gasteiger charge is -2.10. The van der Waals surface area contributed by atoms with Gasteiger partial charge in [0.25, 0.3) is 17.7 Å². The fourth-order valence-corrected chi connectivity index (χ4v) is 3.01. The van der Waals surface area contributed by atoms with Gasteiger partial charge in [-0.25, -0.2) is 0 Å². The second-order valence-electron chi connectivity index (χ2n) is 7.49. The summed E-state index contributed by atoms with van der Waals surface area (Å²) in [6.07, 6.45) is -4.54. The molecule has 0 aromatic heterocycles. The van der Waals surface area contributed by atoms with Crippen molar-refractivity contribution in [2.75, 3.05) is 18.4 Å². The molecule has 3 amide bonds. The molecule has 34 heavy (non-hydrogen) atoms. The Morgan fingerprint density at radius 2 is 1.24 bits per heavy atom. The summed E-state index contributed by atoms with van der Waals surface area (Å²) < 4.78 is 38.3. The van der Waals surface area contributed by atoms with E-state index in [2.05, 4.69) is 16.0 Å². The Labute approximate surface area is 194 Å². The third-order valence-electron chi connectivity index (χ3n) is 4.87. The topological polar surface area (TPSA) is 87.3 Å². The van der Waals surface area contributed by atoms with E-state index in [1.54, 1.807) is 36.4 Å². The Balaban J connectivity index is 1.46. The first-order chi connectivity index (χ1) is 16.1. The Morgan fingerprint density at radius 3 is 1.82 bits per heavy atom. The van der Waals surface area contributed by atoms with Crippen molar-refractivity contribution >= 4 is 23.4 Å². The molecule has 0 spiro atoms. The maximum atomic E-state index is 12.8. The molecular formula is C25H22F3N3O3. The minimum atomic E-state index is -4.54. The number of benzene rings is 3. The number of alkyl halides is 3. The molecule has 0 fully saturated rings. The molecule has 0 aliphatic heterocycles. The average molecular weight is 469 g/mol. The maximum Gasteiger partial charge on any atom is 0.416 e. The molecule has 0 aliphatic rings. The van der Waals surface area contributed by atoms with Crippen molar-refractivity contribution in [3.8, 4) is 0 Å². The average Bonchev–Trinajstić information content (AvgIpc) is 2.82. The van der Waals surface area contributed by atoms with E-state index in [-0.39, 0.29) is 24.6 Å². The fourth-order valence-electron chi connectivity index (χ4n) is 3.01. The van der Waals surface area contributed by atoms with Crippen LogP contribution >= 0.6 is 0 Å². The largest absolute Gasteiger partial charge is 0.416 e. The van der Waals surface area contributed by atoms with Crippen molar-refractivity contribution in [2.24, 2.45) is 0 Å². The van der Waals surface area contributed by atoms with Crippen LogP contribution < -0.4 is 16.0 Å². The molecule has 6 nitrogen and oxygen atoms in total. The number of aryl methyl sites for hydroxylation is 1. The molecule has 0 bridgehead atoms. The first kappa shape index (κ1) is 24.5. The van der Waals surface area contributed by atoms with Crippen LogP contribution in [0.3, 0.4) is 0 Å². The van der Waals surface area contributed by atoms with E-state index >= 15 is 0 Å².